The molecule has 5 rings (SSSR count). The van der Waals surface area contributed by atoms with Crippen LogP contribution in [0.1, 0.15) is 112 Å². The van der Waals surface area contributed by atoms with Crippen molar-refractivity contribution in [1.82, 2.24) is 14.8 Å². The fourth-order valence-corrected chi connectivity index (χ4v) is 6.55. The number of aromatic carboxylic acids is 1. The summed E-state index contributed by atoms with van der Waals surface area (Å²) in [5.41, 5.74) is 0.302. The van der Waals surface area contributed by atoms with Gasteiger partial charge in [-0.25, -0.2) is 4.79 Å². The van der Waals surface area contributed by atoms with Gasteiger partial charge in [-0.05, 0) is 97.0 Å². The van der Waals surface area contributed by atoms with Crippen molar-refractivity contribution in [2.24, 2.45) is 17.3 Å². The summed E-state index contributed by atoms with van der Waals surface area (Å²) >= 11 is 1.17. The van der Waals surface area contributed by atoms with Gasteiger partial charge in [-0.3, -0.25) is 9.36 Å². The van der Waals surface area contributed by atoms with Gasteiger partial charge in [-0.2, -0.15) is 0 Å². The zero-order valence-electron chi connectivity index (χ0n) is 23.5. The minimum Gasteiger partial charge on any atom is -0.477 e. The summed E-state index contributed by atoms with van der Waals surface area (Å²) in [4.78, 5) is 29.2. The van der Waals surface area contributed by atoms with Gasteiger partial charge in [-0.1, -0.05) is 23.9 Å². The van der Waals surface area contributed by atoms with Crippen molar-refractivity contribution < 1.29 is 19.4 Å². The van der Waals surface area contributed by atoms with Crippen molar-refractivity contribution in [3.05, 3.63) is 22.1 Å². The number of ether oxygens (including phenoxy) is 1. The minimum atomic E-state index is -1.01. The Bertz CT molecular complexity index is 1250. The average Bonchev–Trinajstić information content (AvgIpc) is 3.48. The fourth-order valence-electron chi connectivity index (χ4n) is 5.71. The standard InChI is InChI=1S/C30H40N4O4S/c1-19-5-7-20(8-6-19)27(35)34(25-17-24(15-16-30(2,3)4)39-26(25)28(36)37)22-11-13-23(14-12-22)38-29-32-31-18-33(29)21-9-10-21/h17-23H,5-14H2,1-4H3,(H,36,37). The van der Waals surface area contributed by atoms with Crippen molar-refractivity contribution in [3.63, 3.8) is 0 Å². The Hall–Kier alpha value is -2.86. The topological polar surface area (TPSA) is 97.6 Å². The Morgan fingerprint density at radius 3 is 2.38 bits per heavy atom. The van der Waals surface area contributed by atoms with E-state index in [-0.39, 0.29) is 34.3 Å². The van der Waals surface area contributed by atoms with Crippen LogP contribution in [0.15, 0.2) is 12.4 Å². The van der Waals surface area contributed by atoms with Crippen LogP contribution in [0.5, 0.6) is 6.01 Å². The van der Waals surface area contributed by atoms with Crippen LogP contribution in [0.3, 0.4) is 0 Å². The fraction of sp³-hybridized carbons (Fsp3) is 0.667. The van der Waals surface area contributed by atoms with Crippen LogP contribution < -0.4 is 9.64 Å². The molecule has 2 aromatic rings. The van der Waals surface area contributed by atoms with Crippen LogP contribution in [-0.4, -0.2) is 43.9 Å². The largest absolute Gasteiger partial charge is 0.477 e. The van der Waals surface area contributed by atoms with Crippen molar-refractivity contribution in [2.45, 2.75) is 110 Å². The first kappa shape index (κ1) is 27.7. The molecule has 0 aromatic carbocycles. The first-order valence-electron chi connectivity index (χ1n) is 14.4. The lowest BCUT2D eigenvalue weighted by Gasteiger charge is -2.39. The van der Waals surface area contributed by atoms with Crippen LogP contribution in [0.25, 0.3) is 0 Å². The molecule has 1 N–H and O–H groups in total. The second-order valence-electron chi connectivity index (χ2n) is 12.6. The van der Waals surface area contributed by atoms with Gasteiger partial charge >= 0.3 is 12.0 Å². The first-order valence-corrected chi connectivity index (χ1v) is 15.2. The molecule has 0 atom stereocenters. The number of carbonyl (C=O) groups is 2. The number of nitrogens with zero attached hydrogens (tertiary/aromatic N) is 4. The maximum atomic E-state index is 14.1. The third-order valence-corrected chi connectivity index (χ3v) is 9.12. The van der Waals surface area contributed by atoms with E-state index in [1.807, 2.05) is 36.3 Å². The first-order chi connectivity index (χ1) is 18.6. The third-order valence-electron chi connectivity index (χ3n) is 8.09. The summed E-state index contributed by atoms with van der Waals surface area (Å²) in [6.07, 6.45) is 10.8. The number of anilines is 1. The molecule has 3 fully saturated rings. The highest BCUT2D eigenvalue weighted by molar-refractivity contribution is 7.15. The summed E-state index contributed by atoms with van der Waals surface area (Å²) in [5.74, 6) is 5.99. The molecule has 2 heterocycles. The average molecular weight is 553 g/mol. The second-order valence-corrected chi connectivity index (χ2v) is 13.6. The molecule has 210 valence electrons. The molecule has 0 saturated heterocycles. The van der Waals surface area contributed by atoms with Crippen LogP contribution in [0, 0.1) is 29.1 Å². The number of aromatic nitrogens is 3. The predicted molar refractivity (Wildman–Crippen MR) is 151 cm³/mol. The van der Waals surface area contributed by atoms with Crippen molar-refractivity contribution in [1.29, 1.82) is 0 Å². The number of amides is 1. The lowest BCUT2D eigenvalue weighted by atomic mass is 9.81. The van der Waals surface area contributed by atoms with E-state index in [4.69, 9.17) is 4.74 Å². The summed E-state index contributed by atoms with van der Waals surface area (Å²) in [5, 5.41) is 18.4. The number of carbonyl (C=O) groups excluding carboxylic acids is 1. The van der Waals surface area contributed by atoms with Crippen LogP contribution in [0.2, 0.25) is 0 Å². The molecule has 3 saturated carbocycles. The highest BCUT2D eigenvalue weighted by Crippen LogP contribution is 2.40. The van der Waals surface area contributed by atoms with Gasteiger partial charge in [0.1, 0.15) is 17.3 Å². The van der Waals surface area contributed by atoms with Crippen molar-refractivity contribution in [2.75, 3.05) is 4.90 Å². The highest BCUT2D eigenvalue weighted by Gasteiger charge is 2.38. The second kappa shape index (κ2) is 11.3. The van der Waals surface area contributed by atoms with E-state index in [2.05, 4.69) is 29.0 Å². The van der Waals surface area contributed by atoms with E-state index in [0.29, 0.717) is 28.5 Å². The Labute approximate surface area is 235 Å². The quantitative estimate of drug-likeness (QED) is 0.404. The minimum absolute atomic E-state index is 0.00469. The molecule has 0 bridgehead atoms. The van der Waals surface area contributed by atoms with Gasteiger partial charge in [-0.15, -0.1) is 16.4 Å². The molecular weight excluding hydrogens is 512 g/mol. The third kappa shape index (κ3) is 6.66. The summed E-state index contributed by atoms with van der Waals surface area (Å²) < 4.78 is 8.28. The number of carboxylic acid groups (broad SMARTS) is 1. The Kier molecular flexibility index (Phi) is 8.04. The molecule has 0 spiro atoms. The smallest absolute Gasteiger partial charge is 0.348 e. The molecule has 3 aliphatic rings. The van der Waals surface area contributed by atoms with Gasteiger partial charge in [0.2, 0.25) is 5.91 Å². The number of hydrogen-bond donors (Lipinski definition) is 1. The lowest BCUT2D eigenvalue weighted by Crippen LogP contribution is -2.47. The lowest BCUT2D eigenvalue weighted by molar-refractivity contribution is -0.124. The van der Waals surface area contributed by atoms with Crippen LogP contribution in [-0.2, 0) is 4.79 Å². The molecule has 0 unspecified atom stereocenters. The number of thiophene rings is 1. The summed E-state index contributed by atoms with van der Waals surface area (Å²) in [6, 6.07) is 2.78. The molecule has 1 amide bonds. The summed E-state index contributed by atoms with van der Waals surface area (Å²) in [7, 11) is 0. The SMILES string of the molecule is CC1CCC(C(=O)N(c2cc(C#CC(C)(C)C)sc2C(=O)O)C2CCC(Oc3nncn3C3CC3)CC2)CC1. The molecule has 3 aliphatic carbocycles. The van der Waals surface area contributed by atoms with E-state index in [9.17, 15) is 14.7 Å². The van der Waals surface area contributed by atoms with Crippen molar-refractivity contribution in [3.8, 4) is 17.9 Å². The highest BCUT2D eigenvalue weighted by atomic mass is 32.1. The molecule has 2 aromatic heterocycles. The van der Waals surface area contributed by atoms with E-state index < -0.39 is 5.97 Å². The molecule has 0 radical (unpaired) electrons. The van der Waals surface area contributed by atoms with Gasteiger partial charge in [0.25, 0.3) is 0 Å². The number of carboxylic acids is 1. The van der Waals surface area contributed by atoms with E-state index in [0.717, 1.165) is 64.2 Å². The van der Waals surface area contributed by atoms with Crippen LogP contribution in [0.4, 0.5) is 5.69 Å². The van der Waals surface area contributed by atoms with E-state index in [1.165, 1.54) is 11.3 Å². The Morgan fingerprint density at radius 1 is 1.08 bits per heavy atom. The Morgan fingerprint density at radius 2 is 1.77 bits per heavy atom. The number of hydrogen-bond acceptors (Lipinski definition) is 6. The predicted octanol–water partition coefficient (Wildman–Crippen LogP) is 6.32. The van der Waals surface area contributed by atoms with E-state index >= 15 is 0 Å². The summed E-state index contributed by atoms with van der Waals surface area (Å²) in [6.45, 7) is 8.33. The van der Waals surface area contributed by atoms with Gasteiger partial charge in [0.05, 0.1) is 10.6 Å². The molecule has 9 heteroatoms. The van der Waals surface area contributed by atoms with Crippen molar-refractivity contribution >= 4 is 28.9 Å². The van der Waals surface area contributed by atoms with Crippen LogP contribution >= 0.6 is 11.3 Å². The van der Waals surface area contributed by atoms with E-state index in [1.54, 1.807) is 6.33 Å². The normalized spacial score (nSPS) is 25.4. The molecule has 8 nitrogen and oxygen atoms in total. The van der Waals surface area contributed by atoms with Gasteiger partial charge in [0, 0.05) is 23.4 Å². The maximum Gasteiger partial charge on any atom is 0.348 e. The maximum absolute atomic E-state index is 14.1. The Balaban J connectivity index is 1.39. The molecular formula is C30H40N4O4S. The zero-order valence-corrected chi connectivity index (χ0v) is 24.3. The zero-order chi connectivity index (χ0) is 27.7. The molecule has 39 heavy (non-hydrogen) atoms. The molecule has 0 aliphatic heterocycles. The van der Waals surface area contributed by atoms with Gasteiger partial charge < -0.3 is 14.7 Å². The van der Waals surface area contributed by atoms with Gasteiger partial charge in [0.15, 0.2) is 0 Å². The number of rotatable bonds is 7. The monoisotopic (exact) mass is 552 g/mol.